The van der Waals surface area contributed by atoms with Crippen molar-refractivity contribution in [2.45, 2.75) is 39.3 Å². The van der Waals surface area contributed by atoms with E-state index in [-0.39, 0.29) is 12.1 Å². The van der Waals surface area contributed by atoms with Gasteiger partial charge in [0.1, 0.15) is 12.1 Å². The Morgan fingerprint density at radius 1 is 1.38 bits per heavy atom. The van der Waals surface area contributed by atoms with Crippen LogP contribution in [0.2, 0.25) is 0 Å². The standard InChI is InChI=1S/C17H21N3O4/c1-5-17(3,16(23)24-4)19-13(21)9-20-10-18-14-11(2)7-6-8-12(14)15(20)22/h6-8,10H,5,9H2,1-4H3,(H,19,21). The Bertz CT molecular complexity index is 843. The van der Waals surface area contributed by atoms with E-state index in [1.54, 1.807) is 26.0 Å². The highest BCUT2D eigenvalue weighted by Crippen LogP contribution is 2.12. The highest BCUT2D eigenvalue weighted by Gasteiger charge is 2.34. The van der Waals surface area contributed by atoms with Crippen LogP contribution in [-0.4, -0.2) is 34.1 Å². The van der Waals surface area contributed by atoms with Crippen molar-refractivity contribution < 1.29 is 14.3 Å². The number of benzene rings is 1. The predicted octanol–water partition coefficient (Wildman–Crippen LogP) is 1.16. The van der Waals surface area contributed by atoms with Crippen molar-refractivity contribution in [2.24, 2.45) is 0 Å². The van der Waals surface area contributed by atoms with Crippen molar-refractivity contribution in [1.29, 1.82) is 0 Å². The predicted molar refractivity (Wildman–Crippen MR) is 89.6 cm³/mol. The molecule has 1 unspecified atom stereocenters. The number of fused-ring (bicyclic) bond motifs is 1. The van der Waals surface area contributed by atoms with Crippen LogP contribution < -0.4 is 10.9 Å². The molecule has 0 fully saturated rings. The maximum Gasteiger partial charge on any atom is 0.331 e. The Hall–Kier alpha value is -2.70. The number of methoxy groups -OCH3 is 1. The number of amides is 1. The number of ether oxygens (including phenoxy) is 1. The summed E-state index contributed by atoms with van der Waals surface area (Å²) in [5, 5.41) is 3.08. The number of carbonyl (C=O) groups excluding carboxylic acids is 2. The van der Waals surface area contributed by atoms with Gasteiger partial charge in [-0.05, 0) is 31.9 Å². The Morgan fingerprint density at radius 3 is 2.71 bits per heavy atom. The molecule has 1 amide bonds. The number of para-hydroxylation sites is 1. The smallest absolute Gasteiger partial charge is 0.331 e. The molecule has 0 spiro atoms. The fraction of sp³-hybridized carbons (Fsp3) is 0.412. The molecule has 1 aromatic carbocycles. The average Bonchev–Trinajstić information content (AvgIpc) is 2.57. The molecule has 7 nitrogen and oxygen atoms in total. The van der Waals surface area contributed by atoms with E-state index in [1.165, 1.54) is 18.0 Å². The minimum Gasteiger partial charge on any atom is -0.467 e. The molecule has 0 bridgehead atoms. The van der Waals surface area contributed by atoms with Crippen LogP contribution >= 0.6 is 0 Å². The lowest BCUT2D eigenvalue weighted by molar-refractivity contribution is -0.150. The summed E-state index contributed by atoms with van der Waals surface area (Å²) in [6, 6.07) is 5.32. The number of rotatable bonds is 5. The van der Waals surface area contributed by atoms with E-state index in [0.717, 1.165) is 5.56 Å². The van der Waals surface area contributed by atoms with Crippen LogP contribution in [0, 0.1) is 6.92 Å². The van der Waals surface area contributed by atoms with Crippen molar-refractivity contribution in [3.8, 4) is 0 Å². The van der Waals surface area contributed by atoms with Crippen LogP contribution in [0.1, 0.15) is 25.8 Å². The molecule has 0 saturated heterocycles. The van der Waals surface area contributed by atoms with E-state index in [9.17, 15) is 14.4 Å². The lowest BCUT2D eigenvalue weighted by atomic mass is 9.99. The van der Waals surface area contributed by atoms with Crippen molar-refractivity contribution in [3.63, 3.8) is 0 Å². The lowest BCUT2D eigenvalue weighted by Crippen LogP contribution is -2.53. The van der Waals surface area contributed by atoms with E-state index in [1.807, 2.05) is 13.0 Å². The quantitative estimate of drug-likeness (QED) is 0.831. The van der Waals surface area contributed by atoms with Gasteiger partial charge >= 0.3 is 5.97 Å². The van der Waals surface area contributed by atoms with Crippen LogP contribution in [0.5, 0.6) is 0 Å². The molecule has 0 aliphatic rings. The average molecular weight is 331 g/mol. The molecule has 0 radical (unpaired) electrons. The first-order valence-corrected chi connectivity index (χ1v) is 7.66. The monoisotopic (exact) mass is 331 g/mol. The van der Waals surface area contributed by atoms with Gasteiger partial charge in [0.25, 0.3) is 5.56 Å². The summed E-state index contributed by atoms with van der Waals surface area (Å²) in [6.45, 7) is 5.00. The maximum absolute atomic E-state index is 12.5. The molecule has 2 aromatic rings. The highest BCUT2D eigenvalue weighted by atomic mass is 16.5. The van der Waals surface area contributed by atoms with Crippen molar-refractivity contribution >= 4 is 22.8 Å². The molecular formula is C17H21N3O4. The minimum absolute atomic E-state index is 0.220. The first-order chi connectivity index (χ1) is 11.3. The Morgan fingerprint density at radius 2 is 2.08 bits per heavy atom. The molecule has 0 saturated carbocycles. The molecule has 24 heavy (non-hydrogen) atoms. The van der Waals surface area contributed by atoms with E-state index in [4.69, 9.17) is 4.74 Å². The molecule has 1 atom stereocenters. The zero-order valence-electron chi connectivity index (χ0n) is 14.3. The van der Waals surface area contributed by atoms with Gasteiger partial charge in [0, 0.05) is 0 Å². The van der Waals surface area contributed by atoms with E-state index >= 15 is 0 Å². The fourth-order valence-electron chi connectivity index (χ4n) is 2.46. The van der Waals surface area contributed by atoms with Crippen LogP contribution in [-0.2, 0) is 20.9 Å². The van der Waals surface area contributed by atoms with Gasteiger partial charge in [-0.2, -0.15) is 0 Å². The van der Waals surface area contributed by atoms with Crippen LogP contribution in [0.4, 0.5) is 0 Å². The number of hydrogen-bond donors (Lipinski definition) is 1. The SMILES string of the molecule is CCC(C)(NC(=O)Cn1cnc2c(C)cccc2c1=O)C(=O)OC. The number of carbonyl (C=O) groups is 2. The second kappa shape index (κ2) is 6.82. The molecule has 0 aliphatic heterocycles. The summed E-state index contributed by atoms with van der Waals surface area (Å²) in [6.07, 6.45) is 1.72. The van der Waals surface area contributed by atoms with Gasteiger partial charge in [-0.1, -0.05) is 19.1 Å². The van der Waals surface area contributed by atoms with E-state index in [2.05, 4.69) is 10.3 Å². The normalized spacial score (nSPS) is 13.3. The molecule has 0 aliphatic carbocycles. The molecule has 7 heteroatoms. The third-order valence-electron chi connectivity index (χ3n) is 4.13. The van der Waals surface area contributed by atoms with E-state index < -0.39 is 17.4 Å². The summed E-state index contributed by atoms with van der Waals surface area (Å²) in [5.41, 5.74) is 0.0868. The molecule has 2 rings (SSSR count). The van der Waals surface area contributed by atoms with Gasteiger partial charge in [-0.25, -0.2) is 9.78 Å². The Kier molecular flexibility index (Phi) is 5.02. The summed E-state index contributed by atoms with van der Waals surface area (Å²) < 4.78 is 5.94. The summed E-state index contributed by atoms with van der Waals surface area (Å²) in [7, 11) is 1.27. The zero-order chi connectivity index (χ0) is 17.9. The fourth-order valence-corrected chi connectivity index (χ4v) is 2.46. The largest absolute Gasteiger partial charge is 0.467 e. The van der Waals surface area contributed by atoms with Gasteiger partial charge in [-0.15, -0.1) is 0 Å². The molecule has 128 valence electrons. The van der Waals surface area contributed by atoms with Crippen molar-refractivity contribution in [3.05, 3.63) is 40.4 Å². The van der Waals surface area contributed by atoms with Crippen LogP contribution in [0.3, 0.4) is 0 Å². The second-order valence-corrected chi connectivity index (χ2v) is 5.87. The minimum atomic E-state index is -1.13. The lowest BCUT2D eigenvalue weighted by Gasteiger charge is -2.26. The van der Waals surface area contributed by atoms with Gasteiger partial charge in [0.15, 0.2) is 0 Å². The molecule has 1 N–H and O–H groups in total. The molecular weight excluding hydrogens is 310 g/mol. The number of nitrogens with zero attached hydrogens (tertiary/aromatic N) is 2. The number of hydrogen-bond acceptors (Lipinski definition) is 5. The van der Waals surface area contributed by atoms with Crippen molar-refractivity contribution in [1.82, 2.24) is 14.9 Å². The zero-order valence-corrected chi connectivity index (χ0v) is 14.3. The van der Waals surface area contributed by atoms with Gasteiger partial charge < -0.3 is 10.1 Å². The number of nitrogens with one attached hydrogen (secondary N) is 1. The van der Waals surface area contributed by atoms with Crippen LogP contribution in [0.15, 0.2) is 29.3 Å². The van der Waals surface area contributed by atoms with Gasteiger partial charge in [-0.3, -0.25) is 14.2 Å². The first kappa shape index (κ1) is 17.7. The highest BCUT2D eigenvalue weighted by molar-refractivity contribution is 5.87. The number of aromatic nitrogens is 2. The summed E-state index contributed by atoms with van der Waals surface area (Å²) in [5.74, 6) is -0.987. The van der Waals surface area contributed by atoms with Gasteiger partial charge in [0.2, 0.25) is 5.91 Å². The summed E-state index contributed by atoms with van der Waals surface area (Å²) >= 11 is 0. The maximum atomic E-state index is 12.5. The Balaban J connectivity index is 2.27. The van der Waals surface area contributed by atoms with E-state index in [0.29, 0.717) is 17.3 Å². The second-order valence-electron chi connectivity index (χ2n) is 5.87. The number of esters is 1. The third-order valence-corrected chi connectivity index (χ3v) is 4.13. The third kappa shape index (κ3) is 3.29. The topological polar surface area (TPSA) is 90.3 Å². The first-order valence-electron chi connectivity index (χ1n) is 7.66. The number of aryl methyl sites for hydroxylation is 1. The van der Waals surface area contributed by atoms with Gasteiger partial charge in [0.05, 0.1) is 24.3 Å². The molecule has 1 heterocycles. The van der Waals surface area contributed by atoms with Crippen LogP contribution in [0.25, 0.3) is 10.9 Å². The summed E-state index contributed by atoms with van der Waals surface area (Å²) in [4.78, 5) is 40.8. The Labute approximate surface area is 139 Å². The van der Waals surface area contributed by atoms with Crippen molar-refractivity contribution in [2.75, 3.05) is 7.11 Å². The molecule has 1 aromatic heterocycles.